The van der Waals surface area contributed by atoms with Crippen LogP contribution in [0.5, 0.6) is 0 Å². The third-order valence-electron chi connectivity index (χ3n) is 1.70. The number of nitriles is 1. The molecule has 84 valence electrons. The molecule has 0 aliphatic heterocycles. The second-order valence-corrected chi connectivity index (χ2v) is 3.61. The van der Waals surface area contributed by atoms with Crippen molar-refractivity contribution in [2.45, 2.75) is 6.92 Å². The first-order valence-electron chi connectivity index (χ1n) is 4.63. The van der Waals surface area contributed by atoms with Crippen LogP contribution in [0.1, 0.15) is 12.6 Å². The molecule has 0 saturated carbocycles. The average Bonchev–Trinajstić information content (AvgIpc) is 2.27. The Morgan fingerprint density at radius 3 is 3.06 bits per heavy atom. The van der Waals surface area contributed by atoms with E-state index in [1.807, 2.05) is 6.07 Å². The lowest BCUT2D eigenvalue weighted by Crippen LogP contribution is -2.17. The predicted molar refractivity (Wildman–Crippen MR) is 61.8 cm³/mol. The van der Waals surface area contributed by atoms with Crippen LogP contribution >= 0.6 is 15.9 Å². The molecule has 1 aromatic heterocycles. The van der Waals surface area contributed by atoms with Gasteiger partial charge in [-0.1, -0.05) is 0 Å². The topological polar surface area (TPSA) is 75.0 Å². The quantitative estimate of drug-likeness (QED) is 0.672. The number of aromatic nitrogens is 1. The number of nitrogens with one attached hydrogen (secondary N) is 1. The molecule has 0 aromatic carbocycles. The van der Waals surface area contributed by atoms with Crippen molar-refractivity contribution in [1.82, 2.24) is 4.98 Å². The van der Waals surface area contributed by atoms with Crippen molar-refractivity contribution in [1.29, 1.82) is 5.26 Å². The number of ether oxygens (including phenoxy) is 1. The molecule has 1 N–H and O–H groups in total. The van der Waals surface area contributed by atoms with Gasteiger partial charge in [0.15, 0.2) is 5.69 Å². The van der Waals surface area contributed by atoms with Crippen LogP contribution in [-0.2, 0) is 9.53 Å². The highest BCUT2D eigenvalue weighted by Gasteiger charge is 2.06. The van der Waals surface area contributed by atoms with E-state index in [9.17, 15) is 4.79 Å². The number of anilines is 1. The molecule has 0 bridgehead atoms. The standard InChI is InChI=1S/C10H10BrN3O2/c1-2-16-10(15)6-13-7-3-4-9(11)14-8(7)5-12/h3-4,13H,2,6H2,1H3. The fourth-order valence-corrected chi connectivity index (χ4v) is 1.35. The lowest BCUT2D eigenvalue weighted by molar-refractivity contribution is -0.140. The molecule has 0 saturated heterocycles. The normalized spacial score (nSPS) is 9.31. The first-order valence-corrected chi connectivity index (χ1v) is 5.42. The van der Waals surface area contributed by atoms with Crippen molar-refractivity contribution in [2.24, 2.45) is 0 Å². The number of pyridine rings is 1. The van der Waals surface area contributed by atoms with Gasteiger partial charge in [0.05, 0.1) is 12.3 Å². The van der Waals surface area contributed by atoms with Gasteiger partial charge in [0.1, 0.15) is 17.2 Å². The van der Waals surface area contributed by atoms with Crippen LogP contribution < -0.4 is 5.32 Å². The summed E-state index contributed by atoms with van der Waals surface area (Å²) < 4.78 is 5.32. The summed E-state index contributed by atoms with van der Waals surface area (Å²) in [6.07, 6.45) is 0. The summed E-state index contributed by atoms with van der Waals surface area (Å²) in [5.41, 5.74) is 0.748. The summed E-state index contributed by atoms with van der Waals surface area (Å²) in [6, 6.07) is 5.30. The third kappa shape index (κ3) is 3.51. The Hall–Kier alpha value is -1.61. The Morgan fingerprint density at radius 2 is 2.44 bits per heavy atom. The van der Waals surface area contributed by atoms with E-state index in [0.717, 1.165) is 0 Å². The number of carbonyl (C=O) groups is 1. The molecule has 1 rings (SSSR count). The van der Waals surface area contributed by atoms with E-state index in [4.69, 9.17) is 10.00 Å². The van der Waals surface area contributed by atoms with Gasteiger partial charge < -0.3 is 10.1 Å². The average molecular weight is 284 g/mol. The second-order valence-electron chi connectivity index (χ2n) is 2.80. The van der Waals surface area contributed by atoms with Crippen molar-refractivity contribution in [3.63, 3.8) is 0 Å². The van der Waals surface area contributed by atoms with Crippen LogP contribution in [-0.4, -0.2) is 24.1 Å². The van der Waals surface area contributed by atoms with Gasteiger partial charge in [-0.3, -0.25) is 4.79 Å². The highest BCUT2D eigenvalue weighted by Crippen LogP contribution is 2.15. The molecular formula is C10H10BrN3O2. The van der Waals surface area contributed by atoms with Crippen LogP contribution in [0.4, 0.5) is 5.69 Å². The van der Waals surface area contributed by atoms with Gasteiger partial charge in [-0.25, -0.2) is 4.98 Å². The Bertz CT molecular complexity index is 429. The van der Waals surface area contributed by atoms with Gasteiger partial charge in [0.25, 0.3) is 0 Å². The third-order valence-corrected chi connectivity index (χ3v) is 2.14. The Balaban J connectivity index is 2.67. The zero-order valence-electron chi connectivity index (χ0n) is 8.66. The van der Waals surface area contributed by atoms with Crippen molar-refractivity contribution >= 4 is 27.6 Å². The van der Waals surface area contributed by atoms with Crippen molar-refractivity contribution < 1.29 is 9.53 Å². The summed E-state index contributed by atoms with van der Waals surface area (Å²) in [5.74, 6) is -0.366. The van der Waals surface area contributed by atoms with Crippen molar-refractivity contribution in [3.8, 4) is 6.07 Å². The maximum Gasteiger partial charge on any atom is 0.325 e. The minimum Gasteiger partial charge on any atom is -0.465 e. The number of hydrogen-bond acceptors (Lipinski definition) is 5. The maximum absolute atomic E-state index is 11.1. The van der Waals surface area contributed by atoms with Gasteiger partial charge in [0.2, 0.25) is 0 Å². The molecule has 0 amide bonds. The zero-order valence-corrected chi connectivity index (χ0v) is 10.2. The van der Waals surface area contributed by atoms with E-state index in [1.54, 1.807) is 19.1 Å². The Kier molecular flexibility index (Phi) is 4.73. The Morgan fingerprint density at radius 1 is 1.69 bits per heavy atom. The molecule has 1 heterocycles. The molecule has 16 heavy (non-hydrogen) atoms. The van der Waals surface area contributed by atoms with Crippen LogP contribution in [0.25, 0.3) is 0 Å². The van der Waals surface area contributed by atoms with Crippen molar-refractivity contribution in [3.05, 3.63) is 22.4 Å². The van der Waals surface area contributed by atoms with Crippen LogP contribution in [0.3, 0.4) is 0 Å². The summed E-state index contributed by atoms with van der Waals surface area (Å²) in [4.78, 5) is 15.0. The van der Waals surface area contributed by atoms with Gasteiger partial charge in [-0.05, 0) is 35.0 Å². The number of nitrogens with zero attached hydrogens (tertiary/aromatic N) is 2. The van der Waals surface area contributed by atoms with Crippen LogP contribution in [0.2, 0.25) is 0 Å². The molecule has 0 aliphatic rings. The lowest BCUT2D eigenvalue weighted by atomic mass is 10.3. The molecule has 1 aromatic rings. The maximum atomic E-state index is 11.1. The summed E-state index contributed by atoms with van der Waals surface area (Å²) >= 11 is 3.16. The highest BCUT2D eigenvalue weighted by atomic mass is 79.9. The number of rotatable bonds is 4. The van der Waals surface area contributed by atoms with Crippen LogP contribution in [0.15, 0.2) is 16.7 Å². The lowest BCUT2D eigenvalue weighted by Gasteiger charge is -2.06. The zero-order chi connectivity index (χ0) is 12.0. The van der Waals surface area contributed by atoms with E-state index in [1.165, 1.54) is 0 Å². The van der Waals surface area contributed by atoms with Crippen molar-refractivity contribution in [2.75, 3.05) is 18.5 Å². The van der Waals surface area contributed by atoms with Gasteiger partial charge in [0, 0.05) is 0 Å². The molecule has 6 heteroatoms. The van der Waals surface area contributed by atoms with E-state index >= 15 is 0 Å². The number of hydrogen-bond donors (Lipinski definition) is 1. The molecule has 0 aliphatic carbocycles. The first-order chi connectivity index (χ1) is 7.67. The van der Waals surface area contributed by atoms with Crippen LogP contribution in [0, 0.1) is 11.3 Å². The highest BCUT2D eigenvalue weighted by molar-refractivity contribution is 9.10. The molecule has 0 unspecified atom stereocenters. The number of halogens is 1. The fraction of sp³-hybridized carbons (Fsp3) is 0.300. The van der Waals surface area contributed by atoms with Gasteiger partial charge >= 0.3 is 5.97 Å². The SMILES string of the molecule is CCOC(=O)CNc1ccc(Br)nc1C#N. The summed E-state index contributed by atoms with van der Waals surface area (Å²) in [5, 5.41) is 11.6. The number of carbonyl (C=O) groups excluding carboxylic acids is 1. The summed E-state index contributed by atoms with van der Waals surface area (Å²) in [7, 11) is 0. The second kappa shape index (κ2) is 6.08. The molecule has 0 atom stereocenters. The van der Waals surface area contributed by atoms with Gasteiger partial charge in [-0.15, -0.1) is 0 Å². The minimum atomic E-state index is -0.366. The molecule has 0 spiro atoms. The molecular weight excluding hydrogens is 274 g/mol. The number of esters is 1. The largest absolute Gasteiger partial charge is 0.465 e. The monoisotopic (exact) mass is 283 g/mol. The minimum absolute atomic E-state index is 0.0197. The smallest absolute Gasteiger partial charge is 0.325 e. The fourth-order valence-electron chi connectivity index (χ4n) is 1.04. The van der Waals surface area contributed by atoms with Gasteiger partial charge in [-0.2, -0.15) is 5.26 Å². The summed E-state index contributed by atoms with van der Waals surface area (Å²) in [6.45, 7) is 2.09. The first kappa shape index (κ1) is 12.5. The Labute approximate surface area is 102 Å². The predicted octanol–water partition coefficient (Wildman–Crippen LogP) is 1.69. The molecule has 0 fully saturated rings. The molecule has 5 nitrogen and oxygen atoms in total. The van der Waals surface area contributed by atoms with E-state index < -0.39 is 0 Å². The molecule has 0 radical (unpaired) electrons. The van der Waals surface area contributed by atoms with E-state index in [2.05, 4.69) is 26.2 Å². The van der Waals surface area contributed by atoms with E-state index in [0.29, 0.717) is 16.9 Å². The van der Waals surface area contributed by atoms with E-state index in [-0.39, 0.29) is 18.2 Å².